The number of imide groups is 1. The molecule has 11 heteroatoms. The van der Waals surface area contributed by atoms with E-state index >= 15 is 0 Å². The molecule has 11 nitrogen and oxygen atoms in total. The number of carboxylic acids is 1. The highest BCUT2D eigenvalue weighted by molar-refractivity contribution is 5.97. The predicted octanol–water partition coefficient (Wildman–Crippen LogP) is 9.08. The van der Waals surface area contributed by atoms with Crippen molar-refractivity contribution in [2.45, 2.75) is 207 Å². The molecular formula is C40H80N6O5. The van der Waals surface area contributed by atoms with Gasteiger partial charge in [-0.2, -0.15) is 0 Å². The van der Waals surface area contributed by atoms with Crippen LogP contribution < -0.4 is 16.9 Å². The Morgan fingerprint density at radius 3 is 1.39 bits per heavy atom. The predicted molar refractivity (Wildman–Crippen MR) is 212 cm³/mol. The quantitative estimate of drug-likeness (QED) is 0.0214. The standard InChI is InChI=1S/C40H80N6O5/c1-5-7-9-11-13-15-17-19-21-23-25-27-32-45(33-28-26-24-22-20-18-16-14-12-10-8-6-2)44-34-37(47)46(40(50)51-35(3)4)36(38(48)49)30-29-31-43-39(41)42/h35-36,44H,5-34H2,1-4H3,(H,48,49)(H4,41,42,43). The van der Waals surface area contributed by atoms with E-state index in [4.69, 9.17) is 16.2 Å². The molecule has 0 spiro atoms. The highest BCUT2D eigenvalue weighted by atomic mass is 16.6. The van der Waals surface area contributed by atoms with E-state index in [0.29, 0.717) is 0 Å². The van der Waals surface area contributed by atoms with E-state index < -0.39 is 30.1 Å². The number of hydrogen-bond donors (Lipinski definition) is 4. The summed E-state index contributed by atoms with van der Waals surface area (Å²) >= 11 is 0. The average molecular weight is 725 g/mol. The first-order chi connectivity index (χ1) is 24.6. The van der Waals surface area contributed by atoms with Crippen LogP contribution in [0.3, 0.4) is 0 Å². The van der Waals surface area contributed by atoms with Crippen LogP contribution in [-0.2, 0) is 14.3 Å². The second-order valence-electron chi connectivity index (χ2n) is 14.6. The maximum Gasteiger partial charge on any atom is 0.417 e. The lowest BCUT2D eigenvalue weighted by Crippen LogP contribution is -2.54. The summed E-state index contributed by atoms with van der Waals surface area (Å²) in [4.78, 5) is 43.5. The number of carbonyl (C=O) groups is 3. The smallest absolute Gasteiger partial charge is 0.417 e. The highest BCUT2D eigenvalue weighted by Crippen LogP contribution is 2.15. The second-order valence-corrected chi connectivity index (χ2v) is 14.6. The zero-order valence-electron chi connectivity index (χ0n) is 33.4. The lowest BCUT2D eigenvalue weighted by atomic mass is 10.0. The van der Waals surface area contributed by atoms with Crippen LogP contribution in [0.4, 0.5) is 4.79 Å². The van der Waals surface area contributed by atoms with E-state index in [-0.39, 0.29) is 31.9 Å². The van der Waals surface area contributed by atoms with Gasteiger partial charge in [-0.15, -0.1) is 0 Å². The number of aliphatic imine (C=N–C) groups is 1. The molecule has 0 aromatic rings. The molecule has 2 amide bonds. The van der Waals surface area contributed by atoms with Crippen molar-refractivity contribution in [3.8, 4) is 0 Å². The molecule has 0 saturated carbocycles. The molecule has 300 valence electrons. The molecule has 0 aliphatic rings. The topological polar surface area (TPSA) is 164 Å². The number of guanidine groups is 1. The fraction of sp³-hybridized carbons (Fsp3) is 0.900. The Morgan fingerprint density at radius 1 is 0.647 bits per heavy atom. The lowest BCUT2D eigenvalue weighted by molar-refractivity contribution is -0.149. The Bertz CT molecular complexity index is 855. The first-order valence-corrected chi connectivity index (χ1v) is 20.9. The Kier molecular flexibility index (Phi) is 33.0. The summed E-state index contributed by atoms with van der Waals surface area (Å²) in [7, 11) is 0. The summed E-state index contributed by atoms with van der Waals surface area (Å²) in [6.45, 7) is 9.43. The summed E-state index contributed by atoms with van der Waals surface area (Å²) in [5.41, 5.74) is 14.0. The van der Waals surface area contributed by atoms with Gasteiger partial charge in [0.25, 0.3) is 0 Å². The van der Waals surface area contributed by atoms with Gasteiger partial charge in [-0.3, -0.25) is 9.79 Å². The van der Waals surface area contributed by atoms with Crippen LogP contribution >= 0.6 is 0 Å². The van der Waals surface area contributed by atoms with Crippen molar-refractivity contribution in [2.75, 3.05) is 26.2 Å². The van der Waals surface area contributed by atoms with Gasteiger partial charge in [0, 0.05) is 19.6 Å². The number of aliphatic carboxylic acids is 1. The maximum atomic E-state index is 13.5. The van der Waals surface area contributed by atoms with Gasteiger partial charge in [0.2, 0.25) is 5.91 Å². The molecule has 0 heterocycles. The molecule has 6 N–H and O–H groups in total. The van der Waals surface area contributed by atoms with Crippen LogP contribution in [0, 0.1) is 0 Å². The molecule has 0 aliphatic heterocycles. The van der Waals surface area contributed by atoms with Crippen molar-refractivity contribution in [3.05, 3.63) is 0 Å². The minimum Gasteiger partial charge on any atom is -0.480 e. The van der Waals surface area contributed by atoms with Crippen LogP contribution in [0.1, 0.15) is 195 Å². The minimum atomic E-state index is -1.39. The molecule has 0 saturated heterocycles. The molecule has 1 unspecified atom stereocenters. The number of unbranched alkanes of at least 4 members (excludes halogenated alkanes) is 22. The molecule has 51 heavy (non-hydrogen) atoms. The normalized spacial score (nSPS) is 12.0. The Hall–Kier alpha value is -2.40. The number of nitrogens with one attached hydrogen (secondary N) is 1. The molecule has 0 aromatic carbocycles. The fourth-order valence-corrected chi connectivity index (χ4v) is 6.34. The van der Waals surface area contributed by atoms with Crippen LogP contribution in [-0.4, -0.2) is 77.3 Å². The minimum absolute atomic E-state index is 0.00643. The summed E-state index contributed by atoms with van der Waals surface area (Å²) in [6.07, 6.45) is 29.4. The van der Waals surface area contributed by atoms with Gasteiger partial charge in [0.15, 0.2) is 5.96 Å². The maximum absolute atomic E-state index is 13.5. The number of hydrazine groups is 1. The third kappa shape index (κ3) is 29.8. The third-order valence-corrected chi connectivity index (χ3v) is 9.35. The molecule has 0 aromatic heterocycles. The molecule has 0 aliphatic carbocycles. The van der Waals surface area contributed by atoms with E-state index in [9.17, 15) is 19.5 Å². The molecule has 0 rings (SSSR count). The SMILES string of the molecule is CCCCCCCCCCCCCCN(CCCCCCCCCCCCCC)NCC(=O)N(C(=O)OC(C)C)C(CCCN=C(N)N)C(=O)O. The van der Waals surface area contributed by atoms with Crippen LogP contribution in [0.2, 0.25) is 0 Å². The van der Waals surface area contributed by atoms with E-state index in [2.05, 4.69) is 29.3 Å². The molecule has 0 fully saturated rings. The average Bonchev–Trinajstić information content (AvgIpc) is 3.08. The highest BCUT2D eigenvalue weighted by Gasteiger charge is 2.36. The van der Waals surface area contributed by atoms with Crippen molar-refractivity contribution < 1.29 is 24.2 Å². The number of hydrogen-bond acceptors (Lipinski definition) is 7. The number of ether oxygens (including phenoxy) is 1. The fourth-order valence-electron chi connectivity index (χ4n) is 6.34. The van der Waals surface area contributed by atoms with Crippen LogP contribution in [0.25, 0.3) is 0 Å². The van der Waals surface area contributed by atoms with Gasteiger partial charge < -0.3 is 21.3 Å². The summed E-state index contributed by atoms with van der Waals surface area (Å²) in [6, 6.07) is -1.39. The Labute approximate surface area is 312 Å². The van der Waals surface area contributed by atoms with Crippen molar-refractivity contribution in [1.82, 2.24) is 15.3 Å². The van der Waals surface area contributed by atoms with Crippen molar-refractivity contribution >= 4 is 23.9 Å². The molecule has 1 atom stereocenters. The number of nitrogens with two attached hydrogens (primary N) is 2. The van der Waals surface area contributed by atoms with E-state index in [1.165, 1.54) is 128 Å². The van der Waals surface area contributed by atoms with E-state index in [1.807, 2.05) is 0 Å². The summed E-state index contributed by atoms with van der Waals surface area (Å²) in [5, 5.41) is 12.1. The Balaban J connectivity index is 5.04. The van der Waals surface area contributed by atoms with Gasteiger partial charge in [-0.1, -0.05) is 155 Å². The van der Waals surface area contributed by atoms with Gasteiger partial charge in [0.1, 0.15) is 6.04 Å². The van der Waals surface area contributed by atoms with E-state index in [0.717, 1.165) is 43.7 Å². The van der Waals surface area contributed by atoms with Crippen molar-refractivity contribution in [3.63, 3.8) is 0 Å². The van der Waals surface area contributed by atoms with Crippen LogP contribution in [0.5, 0.6) is 0 Å². The van der Waals surface area contributed by atoms with Crippen molar-refractivity contribution in [2.24, 2.45) is 16.5 Å². The van der Waals surface area contributed by atoms with E-state index in [1.54, 1.807) is 13.8 Å². The molecular weight excluding hydrogens is 644 g/mol. The number of amides is 2. The monoisotopic (exact) mass is 725 g/mol. The largest absolute Gasteiger partial charge is 0.480 e. The first kappa shape index (κ1) is 48.6. The zero-order valence-corrected chi connectivity index (χ0v) is 33.4. The van der Waals surface area contributed by atoms with Gasteiger partial charge in [-0.25, -0.2) is 24.9 Å². The zero-order chi connectivity index (χ0) is 38.0. The number of carbonyl (C=O) groups excluding carboxylic acids is 2. The van der Waals surface area contributed by atoms with Crippen molar-refractivity contribution in [1.29, 1.82) is 0 Å². The summed E-state index contributed by atoms with van der Waals surface area (Å²) < 4.78 is 5.31. The molecule has 0 bridgehead atoms. The number of nitrogens with zero attached hydrogens (tertiary/aromatic N) is 3. The first-order valence-electron chi connectivity index (χ1n) is 20.9. The van der Waals surface area contributed by atoms with Gasteiger partial charge in [-0.05, 0) is 39.5 Å². The van der Waals surface area contributed by atoms with Crippen LogP contribution in [0.15, 0.2) is 4.99 Å². The second kappa shape index (κ2) is 34.7. The lowest BCUT2D eigenvalue weighted by Gasteiger charge is -2.29. The van der Waals surface area contributed by atoms with Gasteiger partial charge in [0.05, 0.1) is 12.6 Å². The Morgan fingerprint density at radius 2 is 1.04 bits per heavy atom. The molecule has 0 radical (unpaired) electrons. The van der Waals surface area contributed by atoms with Gasteiger partial charge >= 0.3 is 12.1 Å². The third-order valence-electron chi connectivity index (χ3n) is 9.35. The number of rotatable bonds is 36. The number of carboxylic acid groups (broad SMARTS) is 1. The summed E-state index contributed by atoms with van der Waals surface area (Å²) in [5.74, 6) is -2.01.